The van der Waals surface area contributed by atoms with Crippen LogP contribution in [0.5, 0.6) is 0 Å². The standard InChI is InChI=1S/C14H22N6O5/c1-24-4-2-3-16-14-19-8-11(15)17-6-18-12(8)20(14)13-10(23)9(22)7(5-21)25-13/h6-7,9-10,13,21-23H,2-5H2,1H3,(H,16,19)(H2,15,17,18). The van der Waals surface area contributed by atoms with E-state index in [2.05, 4.69) is 20.3 Å². The van der Waals surface area contributed by atoms with Crippen LogP contribution in [0.1, 0.15) is 12.6 Å². The predicted molar refractivity (Wildman–Crippen MR) is 87.7 cm³/mol. The molecule has 1 fully saturated rings. The van der Waals surface area contributed by atoms with E-state index >= 15 is 0 Å². The lowest BCUT2D eigenvalue weighted by molar-refractivity contribution is -0.0501. The second-order valence-electron chi connectivity index (χ2n) is 5.74. The van der Waals surface area contributed by atoms with Crippen molar-refractivity contribution in [2.75, 3.05) is 37.9 Å². The van der Waals surface area contributed by atoms with Gasteiger partial charge in [0, 0.05) is 20.3 Å². The zero-order valence-electron chi connectivity index (χ0n) is 13.7. The fraction of sp³-hybridized carbons (Fsp3) is 0.643. The summed E-state index contributed by atoms with van der Waals surface area (Å²) in [6, 6.07) is 0. The largest absolute Gasteiger partial charge is 0.394 e. The smallest absolute Gasteiger partial charge is 0.207 e. The first kappa shape index (κ1) is 17.8. The van der Waals surface area contributed by atoms with E-state index in [4.69, 9.17) is 15.2 Å². The van der Waals surface area contributed by atoms with Gasteiger partial charge in [0.25, 0.3) is 0 Å². The fourth-order valence-corrected chi connectivity index (χ4v) is 2.80. The number of nitrogen functional groups attached to an aromatic ring is 1. The number of nitrogens with two attached hydrogens (primary N) is 1. The molecule has 0 saturated carbocycles. The third kappa shape index (κ3) is 3.24. The number of fused-ring (bicyclic) bond motifs is 1. The number of hydrogen-bond donors (Lipinski definition) is 5. The molecule has 1 aliphatic heterocycles. The van der Waals surface area contributed by atoms with Crippen LogP contribution in [0.2, 0.25) is 0 Å². The highest BCUT2D eigenvalue weighted by Gasteiger charge is 2.45. The molecule has 0 spiro atoms. The number of aliphatic hydroxyl groups excluding tert-OH is 3. The van der Waals surface area contributed by atoms with Crippen LogP contribution in [0, 0.1) is 0 Å². The highest BCUT2D eigenvalue weighted by Crippen LogP contribution is 2.34. The van der Waals surface area contributed by atoms with E-state index in [9.17, 15) is 15.3 Å². The number of anilines is 2. The summed E-state index contributed by atoms with van der Waals surface area (Å²) < 4.78 is 12.1. The Balaban J connectivity index is 1.98. The van der Waals surface area contributed by atoms with Gasteiger partial charge < -0.3 is 35.8 Å². The second-order valence-corrected chi connectivity index (χ2v) is 5.74. The maximum atomic E-state index is 10.3. The number of aromatic nitrogens is 4. The normalized spacial score (nSPS) is 26.4. The lowest BCUT2D eigenvalue weighted by atomic mass is 10.1. The molecule has 4 atom stereocenters. The van der Waals surface area contributed by atoms with E-state index in [-0.39, 0.29) is 5.82 Å². The molecule has 0 aromatic carbocycles. The average Bonchev–Trinajstić information content (AvgIpc) is 3.11. The van der Waals surface area contributed by atoms with Gasteiger partial charge >= 0.3 is 0 Å². The van der Waals surface area contributed by atoms with E-state index in [1.807, 2.05) is 0 Å². The van der Waals surface area contributed by atoms with Crippen LogP contribution < -0.4 is 11.1 Å². The maximum absolute atomic E-state index is 10.3. The number of rotatable bonds is 7. The van der Waals surface area contributed by atoms with E-state index < -0.39 is 31.1 Å². The maximum Gasteiger partial charge on any atom is 0.207 e. The summed E-state index contributed by atoms with van der Waals surface area (Å²) in [7, 11) is 1.62. The minimum atomic E-state index is -1.26. The average molecular weight is 354 g/mol. The Bertz CT molecular complexity index is 725. The Morgan fingerprint density at radius 2 is 2.16 bits per heavy atom. The van der Waals surface area contributed by atoms with Crippen LogP contribution in [-0.2, 0) is 9.47 Å². The summed E-state index contributed by atoms with van der Waals surface area (Å²) in [4.78, 5) is 12.5. The van der Waals surface area contributed by atoms with Crippen molar-refractivity contribution in [3.05, 3.63) is 6.33 Å². The molecule has 0 radical (unpaired) electrons. The molecule has 11 nitrogen and oxygen atoms in total. The summed E-state index contributed by atoms with van der Waals surface area (Å²) in [6.45, 7) is 0.706. The summed E-state index contributed by atoms with van der Waals surface area (Å²) in [5.41, 5.74) is 6.58. The third-order valence-corrected chi connectivity index (χ3v) is 4.09. The number of imidazole rings is 1. The molecular weight excluding hydrogens is 332 g/mol. The molecule has 3 heterocycles. The van der Waals surface area contributed by atoms with E-state index in [0.29, 0.717) is 30.3 Å². The fourth-order valence-electron chi connectivity index (χ4n) is 2.80. The van der Waals surface area contributed by atoms with Crippen LogP contribution in [0.3, 0.4) is 0 Å². The first-order valence-electron chi connectivity index (χ1n) is 7.92. The van der Waals surface area contributed by atoms with Gasteiger partial charge in [0.2, 0.25) is 5.95 Å². The first-order chi connectivity index (χ1) is 12.1. The van der Waals surface area contributed by atoms with Gasteiger partial charge in [-0.1, -0.05) is 0 Å². The van der Waals surface area contributed by atoms with Crippen molar-refractivity contribution in [3.63, 3.8) is 0 Å². The van der Waals surface area contributed by atoms with Crippen LogP contribution in [0.4, 0.5) is 11.8 Å². The van der Waals surface area contributed by atoms with Gasteiger partial charge in [-0.15, -0.1) is 0 Å². The molecular formula is C14H22N6O5. The van der Waals surface area contributed by atoms with Gasteiger partial charge in [0.05, 0.1) is 6.61 Å². The molecule has 11 heteroatoms. The van der Waals surface area contributed by atoms with E-state index in [0.717, 1.165) is 6.42 Å². The van der Waals surface area contributed by atoms with E-state index in [1.54, 1.807) is 7.11 Å². The summed E-state index contributed by atoms with van der Waals surface area (Å²) >= 11 is 0. The van der Waals surface area contributed by atoms with Gasteiger partial charge in [0.15, 0.2) is 23.2 Å². The van der Waals surface area contributed by atoms with Crippen molar-refractivity contribution in [3.8, 4) is 0 Å². The van der Waals surface area contributed by atoms with Gasteiger partial charge in [-0.05, 0) is 6.42 Å². The molecule has 138 valence electrons. The Morgan fingerprint density at radius 3 is 2.84 bits per heavy atom. The van der Waals surface area contributed by atoms with Crippen molar-refractivity contribution in [2.24, 2.45) is 0 Å². The number of methoxy groups -OCH3 is 1. The minimum Gasteiger partial charge on any atom is -0.394 e. The number of aliphatic hydroxyl groups is 3. The molecule has 25 heavy (non-hydrogen) atoms. The highest BCUT2D eigenvalue weighted by atomic mass is 16.6. The van der Waals surface area contributed by atoms with E-state index in [1.165, 1.54) is 10.9 Å². The Labute approximate surface area is 143 Å². The molecule has 0 amide bonds. The highest BCUT2D eigenvalue weighted by molar-refractivity contribution is 5.84. The van der Waals surface area contributed by atoms with Crippen LogP contribution >= 0.6 is 0 Å². The van der Waals surface area contributed by atoms with Crippen molar-refractivity contribution in [1.82, 2.24) is 19.5 Å². The van der Waals surface area contributed by atoms with Crippen LogP contribution in [0.15, 0.2) is 6.33 Å². The lowest BCUT2D eigenvalue weighted by Crippen LogP contribution is -2.33. The quantitative estimate of drug-likeness (QED) is 0.369. The van der Waals surface area contributed by atoms with Crippen molar-refractivity contribution < 1.29 is 24.8 Å². The van der Waals surface area contributed by atoms with Gasteiger partial charge in [-0.3, -0.25) is 4.57 Å². The predicted octanol–water partition coefficient (Wildman–Crippen LogP) is -1.53. The Hall–Kier alpha value is -2.05. The van der Waals surface area contributed by atoms with Crippen molar-refractivity contribution in [1.29, 1.82) is 0 Å². The summed E-state index contributed by atoms with van der Waals surface area (Å²) in [5.74, 6) is 0.559. The number of ether oxygens (including phenoxy) is 2. The molecule has 0 aliphatic carbocycles. The molecule has 1 saturated heterocycles. The minimum absolute atomic E-state index is 0.190. The molecule has 3 rings (SSSR count). The first-order valence-corrected chi connectivity index (χ1v) is 7.92. The zero-order chi connectivity index (χ0) is 18.0. The van der Waals surface area contributed by atoms with Crippen molar-refractivity contribution >= 4 is 22.9 Å². The summed E-state index contributed by atoms with van der Waals surface area (Å²) in [6.07, 6.45) is -2.35. The topological polar surface area (TPSA) is 161 Å². The van der Waals surface area contributed by atoms with Crippen LogP contribution in [0.25, 0.3) is 11.2 Å². The van der Waals surface area contributed by atoms with Gasteiger partial charge in [0.1, 0.15) is 24.6 Å². The third-order valence-electron chi connectivity index (χ3n) is 4.09. The molecule has 6 N–H and O–H groups in total. The number of hydrogen-bond acceptors (Lipinski definition) is 10. The van der Waals surface area contributed by atoms with Gasteiger partial charge in [-0.2, -0.15) is 0 Å². The molecule has 2 aromatic heterocycles. The number of nitrogens with one attached hydrogen (secondary N) is 1. The SMILES string of the molecule is COCCCNc1nc2c(N)ncnc2n1C1OC(CO)C(O)C1O. The summed E-state index contributed by atoms with van der Waals surface area (Å²) in [5, 5.41) is 32.8. The monoisotopic (exact) mass is 354 g/mol. The lowest BCUT2D eigenvalue weighted by Gasteiger charge is -2.19. The molecule has 0 bridgehead atoms. The Morgan fingerprint density at radius 1 is 1.36 bits per heavy atom. The van der Waals surface area contributed by atoms with Crippen molar-refractivity contribution in [2.45, 2.75) is 31.0 Å². The Kier molecular flexibility index (Phi) is 5.30. The molecule has 1 aliphatic rings. The van der Waals surface area contributed by atoms with Gasteiger partial charge in [-0.25, -0.2) is 15.0 Å². The molecule has 2 aromatic rings. The number of nitrogens with zero attached hydrogens (tertiary/aromatic N) is 4. The molecule has 4 unspecified atom stereocenters. The zero-order valence-corrected chi connectivity index (χ0v) is 13.7. The van der Waals surface area contributed by atoms with Crippen LogP contribution in [-0.4, -0.2) is 80.0 Å². The second kappa shape index (κ2) is 7.45.